The smallest absolute Gasteiger partial charge is 0.366 e. The molecule has 0 radical (unpaired) electrons. The topological polar surface area (TPSA) is 24.9 Å². The number of nitrogens with zero attached hydrogens (tertiary/aromatic N) is 2. The quantitative estimate of drug-likeness (QED) is 0.501. The molecule has 1 aromatic rings. The molecule has 0 aromatic heterocycles. The van der Waals surface area contributed by atoms with E-state index in [1.165, 1.54) is 0 Å². The van der Waals surface area contributed by atoms with E-state index in [1.807, 2.05) is 44.1 Å². The Labute approximate surface area is 122 Å². The zero-order valence-electron chi connectivity index (χ0n) is 12.8. The first-order valence-electron chi connectivity index (χ1n) is 6.76. The fraction of sp³-hybridized carbons (Fsp3) is 0.571. The minimum absolute atomic E-state index is 0.326. The highest BCUT2D eigenvalue weighted by atomic mass is 28.4. The number of hydrogen-bond acceptors (Lipinski definition) is 4. The molecule has 0 N–H and O–H groups in total. The fourth-order valence-electron chi connectivity index (χ4n) is 1.56. The predicted molar refractivity (Wildman–Crippen MR) is 82.0 cm³/mol. The molecule has 20 heavy (non-hydrogen) atoms. The third-order valence-electron chi connectivity index (χ3n) is 2.77. The summed E-state index contributed by atoms with van der Waals surface area (Å²) in [5, 5.41) is 0.525. The number of benzene rings is 1. The van der Waals surface area contributed by atoms with Gasteiger partial charge < -0.3 is 18.7 Å². The first kappa shape index (κ1) is 17.3. The van der Waals surface area contributed by atoms with E-state index in [4.69, 9.17) is 8.85 Å². The van der Waals surface area contributed by atoms with Crippen molar-refractivity contribution in [1.29, 1.82) is 0 Å². The largest absolute Gasteiger partial charge is 0.575 e. The van der Waals surface area contributed by atoms with Crippen molar-refractivity contribution in [2.75, 3.05) is 54.5 Å². The second-order valence-corrected chi connectivity index (χ2v) is 7.43. The van der Waals surface area contributed by atoms with Crippen LogP contribution in [0.15, 0.2) is 30.3 Å². The van der Waals surface area contributed by atoms with E-state index in [0.717, 1.165) is 0 Å². The van der Waals surface area contributed by atoms with Crippen molar-refractivity contribution in [3.63, 3.8) is 0 Å². The summed E-state index contributed by atoms with van der Waals surface area (Å²) in [6, 6.07) is 8.94. The van der Waals surface area contributed by atoms with Crippen molar-refractivity contribution in [3.8, 4) is 0 Å². The van der Waals surface area contributed by atoms with Gasteiger partial charge >= 0.3 is 8.89 Å². The molecule has 6 heteroatoms. The Morgan fingerprint density at radius 3 is 1.75 bits per heavy atom. The first-order chi connectivity index (χ1) is 9.44. The minimum atomic E-state index is -3.81. The molecule has 0 bridgehead atoms. The Bertz CT molecular complexity index is 363. The van der Waals surface area contributed by atoms with Crippen molar-refractivity contribution < 1.29 is 13.0 Å². The number of likely N-dealkylation sites (N-methyl/N-ethyl adjacent to an activating group) is 2. The number of hydrogen-bond donors (Lipinski definition) is 0. The van der Waals surface area contributed by atoms with Crippen LogP contribution in [0.1, 0.15) is 0 Å². The lowest BCUT2D eigenvalue weighted by molar-refractivity contribution is 0.124. The fourth-order valence-corrected chi connectivity index (χ4v) is 3.28. The molecule has 1 rings (SSSR count). The lowest BCUT2D eigenvalue weighted by Crippen LogP contribution is -2.51. The van der Waals surface area contributed by atoms with E-state index in [1.54, 1.807) is 24.3 Å². The van der Waals surface area contributed by atoms with Crippen LogP contribution in [0.4, 0.5) is 4.11 Å². The highest BCUT2D eigenvalue weighted by molar-refractivity contribution is 6.74. The highest BCUT2D eigenvalue weighted by Crippen LogP contribution is 2.10. The zero-order valence-corrected chi connectivity index (χ0v) is 13.8. The third-order valence-corrected chi connectivity index (χ3v) is 4.94. The summed E-state index contributed by atoms with van der Waals surface area (Å²) in [4.78, 5) is 3.92. The van der Waals surface area contributed by atoms with Gasteiger partial charge in [-0.25, -0.2) is 4.11 Å². The average Bonchev–Trinajstić information content (AvgIpc) is 2.39. The van der Waals surface area contributed by atoms with Gasteiger partial charge in [0.25, 0.3) is 0 Å². The van der Waals surface area contributed by atoms with E-state index in [9.17, 15) is 0 Å². The van der Waals surface area contributed by atoms with Gasteiger partial charge in [-0.1, -0.05) is 30.3 Å². The van der Waals surface area contributed by atoms with Crippen molar-refractivity contribution in [1.82, 2.24) is 9.80 Å². The minimum Gasteiger partial charge on any atom is -0.366 e. The van der Waals surface area contributed by atoms with Crippen LogP contribution in [0.3, 0.4) is 0 Å². The molecule has 0 aliphatic heterocycles. The normalized spacial score (nSPS) is 12.3. The first-order valence-corrected chi connectivity index (χ1v) is 8.45. The predicted octanol–water partition coefficient (Wildman–Crippen LogP) is 0.958. The van der Waals surface area contributed by atoms with Gasteiger partial charge in [0, 0.05) is 18.3 Å². The molecule has 0 fully saturated rings. The summed E-state index contributed by atoms with van der Waals surface area (Å²) in [6.07, 6.45) is 0. The Kier molecular flexibility index (Phi) is 7.32. The van der Waals surface area contributed by atoms with Crippen molar-refractivity contribution in [2.24, 2.45) is 0 Å². The lowest BCUT2D eigenvalue weighted by Gasteiger charge is -2.24. The number of halogens is 1. The summed E-state index contributed by atoms with van der Waals surface area (Å²) in [5.74, 6) is 0. The third kappa shape index (κ3) is 6.11. The molecule has 0 aliphatic carbocycles. The monoisotopic (exact) mass is 300 g/mol. The molecule has 4 nitrogen and oxygen atoms in total. The average molecular weight is 300 g/mol. The van der Waals surface area contributed by atoms with E-state index in [2.05, 4.69) is 0 Å². The molecular formula is C14H25FN2O2Si. The molecule has 0 heterocycles. The van der Waals surface area contributed by atoms with Gasteiger partial charge in [-0.3, -0.25) is 0 Å². The van der Waals surface area contributed by atoms with Crippen LogP contribution in [0.5, 0.6) is 0 Å². The van der Waals surface area contributed by atoms with Gasteiger partial charge in [-0.15, -0.1) is 0 Å². The second kappa shape index (κ2) is 8.48. The maximum absolute atomic E-state index is 15.1. The van der Waals surface area contributed by atoms with Crippen LogP contribution in [0.2, 0.25) is 0 Å². The van der Waals surface area contributed by atoms with Crippen LogP contribution in [0, 0.1) is 0 Å². The zero-order chi connectivity index (χ0) is 15.0. The maximum Gasteiger partial charge on any atom is 0.575 e. The molecule has 0 amide bonds. The molecular weight excluding hydrogens is 275 g/mol. The van der Waals surface area contributed by atoms with Gasteiger partial charge in [0.1, 0.15) is 0 Å². The van der Waals surface area contributed by atoms with Gasteiger partial charge in [0.15, 0.2) is 0 Å². The van der Waals surface area contributed by atoms with Gasteiger partial charge in [0.2, 0.25) is 0 Å². The highest BCUT2D eigenvalue weighted by Gasteiger charge is 2.42. The molecule has 0 spiro atoms. The molecule has 1 aromatic carbocycles. The molecule has 0 aliphatic rings. The van der Waals surface area contributed by atoms with Gasteiger partial charge in [0.05, 0.1) is 13.2 Å². The molecule has 0 saturated carbocycles. The Balaban J connectivity index is 2.67. The number of rotatable bonds is 9. The van der Waals surface area contributed by atoms with Crippen molar-refractivity contribution in [2.45, 2.75) is 0 Å². The summed E-state index contributed by atoms with van der Waals surface area (Å²) in [5.41, 5.74) is 0. The standard InChI is InChI=1S/C14H25FN2O2Si/c1-16(2)10-12-18-20(15,19-13-11-17(3)4)14-8-6-5-7-9-14/h5-9H,10-13H2,1-4H3. The van der Waals surface area contributed by atoms with E-state index in [-0.39, 0.29) is 0 Å². The molecule has 0 atom stereocenters. The Morgan fingerprint density at radius 1 is 0.900 bits per heavy atom. The molecule has 0 saturated heterocycles. The van der Waals surface area contributed by atoms with Crippen LogP contribution in [-0.2, 0) is 8.85 Å². The second-order valence-electron chi connectivity index (χ2n) is 5.21. The van der Waals surface area contributed by atoms with E-state index < -0.39 is 8.89 Å². The van der Waals surface area contributed by atoms with Crippen LogP contribution < -0.4 is 5.19 Å². The van der Waals surface area contributed by atoms with Crippen molar-refractivity contribution in [3.05, 3.63) is 30.3 Å². The van der Waals surface area contributed by atoms with Gasteiger partial charge in [-0.2, -0.15) is 0 Å². The van der Waals surface area contributed by atoms with Gasteiger partial charge in [-0.05, 0) is 28.2 Å². The molecule has 0 unspecified atom stereocenters. The van der Waals surface area contributed by atoms with Crippen molar-refractivity contribution >= 4 is 14.1 Å². The SMILES string of the molecule is CN(C)CCO[Si](F)(OCCN(C)C)c1ccccc1. The Morgan fingerprint density at radius 2 is 1.35 bits per heavy atom. The maximum atomic E-state index is 15.1. The van der Waals surface area contributed by atoms with E-state index in [0.29, 0.717) is 31.5 Å². The van der Waals surface area contributed by atoms with Crippen LogP contribution in [-0.4, -0.2) is 73.2 Å². The summed E-state index contributed by atoms with van der Waals surface area (Å²) < 4.78 is 26.1. The Hall–Kier alpha value is -0.793. The van der Waals surface area contributed by atoms with Crippen LogP contribution >= 0.6 is 0 Å². The summed E-state index contributed by atoms with van der Waals surface area (Å²) in [6.45, 7) is 1.99. The lowest BCUT2D eigenvalue weighted by atomic mass is 10.4. The molecule has 114 valence electrons. The van der Waals surface area contributed by atoms with Crippen LogP contribution in [0.25, 0.3) is 0 Å². The summed E-state index contributed by atoms with van der Waals surface area (Å²) in [7, 11) is 3.91. The van der Waals surface area contributed by atoms with E-state index >= 15 is 4.11 Å². The summed E-state index contributed by atoms with van der Waals surface area (Å²) >= 11 is 0.